The van der Waals surface area contributed by atoms with Crippen LogP contribution in [0.4, 0.5) is 17.6 Å². The highest BCUT2D eigenvalue weighted by Crippen LogP contribution is 2.33. The van der Waals surface area contributed by atoms with Crippen molar-refractivity contribution in [2.24, 2.45) is 0 Å². The van der Waals surface area contributed by atoms with Crippen molar-refractivity contribution in [2.75, 3.05) is 5.75 Å². The van der Waals surface area contributed by atoms with Gasteiger partial charge in [-0.1, -0.05) is 30.7 Å². The van der Waals surface area contributed by atoms with Crippen LogP contribution < -0.4 is 0 Å². The van der Waals surface area contributed by atoms with Gasteiger partial charge in [-0.05, 0) is 5.75 Å². The van der Waals surface area contributed by atoms with Crippen LogP contribution in [0.25, 0.3) is 0 Å². The summed E-state index contributed by atoms with van der Waals surface area (Å²) in [5.41, 5.74) is 0. The summed E-state index contributed by atoms with van der Waals surface area (Å²) in [6.45, 7) is 1.64. The maximum absolute atomic E-state index is 12.7. The van der Waals surface area contributed by atoms with E-state index in [0.717, 1.165) is 11.8 Å². The third-order valence-corrected chi connectivity index (χ3v) is 2.54. The molecule has 0 heterocycles. The van der Waals surface area contributed by atoms with Crippen molar-refractivity contribution in [3.63, 3.8) is 0 Å². The van der Waals surface area contributed by atoms with Crippen molar-refractivity contribution in [3.8, 4) is 0 Å². The molecule has 13 heavy (non-hydrogen) atoms. The summed E-state index contributed by atoms with van der Waals surface area (Å²) in [6, 6.07) is 0. The van der Waals surface area contributed by atoms with E-state index in [-0.39, 0.29) is 0 Å². The third-order valence-electron chi connectivity index (χ3n) is 0.896. The molecule has 0 aliphatic heterocycles. The smallest absolute Gasteiger partial charge is 0.203 e. The third kappa shape index (κ3) is 4.28. The maximum atomic E-state index is 12.7. The average molecular weight is 253 g/mol. The molecule has 0 saturated heterocycles. The first-order valence-corrected chi connectivity index (χ1v) is 4.87. The van der Waals surface area contributed by atoms with Gasteiger partial charge in [-0.25, -0.2) is 4.39 Å². The Morgan fingerprint density at radius 3 is 2.23 bits per heavy atom. The number of rotatable bonds is 2. The van der Waals surface area contributed by atoms with Crippen LogP contribution in [-0.4, -0.2) is 16.1 Å². The van der Waals surface area contributed by atoms with Gasteiger partial charge in [0.1, 0.15) is 4.20 Å². The first-order chi connectivity index (χ1) is 5.80. The molecule has 0 spiro atoms. The predicted molar refractivity (Wildman–Crippen MR) is 50.8 cm³/mol. The molecule has 0 aliphatic carbocycles. The van der Waals surface area contributed by atoms with Gasteiger partial charge in [0.25, 0.3) is 0 Å². The molecular formula is C6H5ClF4S2. The lowest BCUT2D eigenvalue weighted by Crippen LogP contribution is -2.10. The zero-order valence-electron chi connectivity index (χ0n) is 6.41. The SMILES string of the molecule is CCSC(=S)/C(F)=C(/Cl)C(F)(F)F. The zero-order chi connectivity index (χ0) is 10.6. The molecule has 0 N–H and O–H groups in total. The zero-order valence-corrected chi connectivity index (χ0v) is 8.80. The molecule has 0 bridgehead atoms. The van der Waals surface area contributed by atoms with Crippen molar-refractivity contribution in [1.82, 2.24) is 0 Å². The fraction of sp³-hybridized carbons (Fsp3) is 0.500. The standard InChI is InChI=1S/C6H5ClF4S2/c1-2-13-5(12)3(8)4(7)6(9,10)11/h2H2,1H3/b4-3-. The van der Waals surface area contributed by atoms with Gasteiger partial charge in [-0.3, -0.25) is 0 Å². The van der Waals surface area contributed by atoms with Gasteiger partial charge in [-0.15, -0.1) is 11.8 Å². The van der Waals surface area contributed by atoms with E-state index in [4.69, 9.17) is 11.6 Å². The minimum Gasteiger partial charge on any atom is -0.203 e. The molecule has 0 radical (unpaired) electrons. The second-order valence-corrected chi connectivity index (χ2v) is 4.17. The van der Waals surface area contributed by atoms with Gasteiger partial charge in [0, 0.05) is 0 Å². The minimum absolute atomic E-state index is 0.397. The van der Waals surface area contributed by atoms with E-state index >= 15 is 0 Å². The van der Waals surface area contributed by atoms with Crippen LogP contribution >= 0.6 is 35.6 Å². The highest BCUT2D eigenvalue weighted by atomic mass is 35.5. The Labute approximate surface area is 87.3 Å². The lowest BCUT2D eigenvalue weighted by Gasteiger charge is -2.06. The van der Waals surface area contributed by atoms with Crippen LogP contribution in [0, 0.1) is 0 Å². The van der Waals surface area contributed by atoms with Gasteiger partial charge in [0.15, 0.2) is 10.9 Å². The molecule has 0 aromatic carbocycles. The molecule has 0 aliphatic rings. The van der Waals surface area contributed by atoms with Gasteiger partial charge < -0.3 is 0 Å². The van der Waals surface area contributed by atoms with Gasteiger partial charge in [-0.2, -0.15) is 13.2 Å². The van der Waals surface area contributed by atoms with Crippen molar-refractivity contribution in [1.29, 1.82) is 0 Å². The fourth-order valence-electron chi connectivity index (χ4n) is 0.409. The van der Waals surface area contributed by atoms with Gasteiger partial charge in [0.2, 0.25) is 0 Å². The molecule has 0 rings (SSSR count). The highest BCUT2D eigenvalue weighted by molar-refractivity contribution is 8.23. The first-order valence-electron chi connectivity index (χ1n) is 3.10. The largest absolute Gasteiger partial charge is 0.429 e. The van der Waals surface area contributed by atoms with Gasteiger partial charge >= 0.3 is 6.18 Å². The Bertz CT molecular complexity index is 233. The van der Waals surface area contributed by atoms with E-state index < -0.39 is 21.2 Å². The van der Waals surface area contributed by atoms with Crippen LogP contribution in [0.1, 0.15) is 6.92 Å². The van der Waals surface area contributed by atoms with Crippen molar-refractivity contribution in [2.45, 2.75) is 13.1 Å². The van der Waals surface area contributed by atoms with Crippen molar-refractivity contribution < 1.29 is 17.6 Å². The van der Waals surface area contributed by atoms with E-state index in [1.54, 1.807) is 6.92 Å². The Kier molecular flexibility index (Phi) is 5.24. The summed E-state index contributed by atoms with van der Waals surface area (Å²) >= 11 is 9.88. The monoisotopic (exact) mass is 252 g/mol. The van der Waals surface area contributed by atoms with E-state index in [2.05, 4.69) is 12.2 Å². The average Bonchev–Trinajstić information content (AvgIpc) is 2.00. The summed E-state index contributed by atoms with van der Waals surface area (Å²) in [5.74, 6) is -1.18. The molecule has 0 atom stereocenters. The predicted octanol–water partition coefficient (Wildman–Crippen LogP) is 4.05. The van der Waals surface area contributed by atoms with Crippen LogP contribution in [0.3, 0.4) is 0 Å². The first kappa shape index (κ1) is 13.2. The van der Waals surface area contributed by atoms with Crippen molar-refractivity contribution in [3.05, 3.63) is 10.9 Å². The number of thiocarbonyl (C=S) groups is 1. The molecule has 0 aromatic heterocycles. The maximum Gasteiger partial charge on any atom is 0.429 e. The Morgan fingerprint density at radius 1 is 1.46 bits per heavy atom. The topological polar surface area (TPSA) is 0 Å². The van der Waals surface area contributed by atoms with E-state index in [9.17, 15) is 17.6 Å². The second kappa shape index (κ2) is 5.17. The molecule has 0 aromatic rings. The number of hydrogen-bond donors (Lipinski definition) is 0. The highest BCUT2D eigenvalue weighted by Gasteiger charge is 2.36. The summed E-state index contributed by atoms with van der Waals surface area (Å²) in [5, 5.41) is -1.79. The van der Waals surface area contributed by atoms with Crippen LogP contribution in [-0.2, 0) is 0 Å². The summed E-state index contributed by atoms with van der Waals surface area (Å²) in [7, 11) is 0. The summed E-state index contributed by atoms with van der Waals surface area (Å²) in [6.07, 6.45) is -4.87. The van der Waals surface area contributed by atoms with Crippen molar-refractivity contribution >= 4 is 39.8 Å². The van der Waals surface area contributed by atoms with E-state index in [1.165, 1.54) is 0 Å². The van der Waals surface area contributed by atoms with Crippen LogP contribution in [0.15, 0.2) is 10.9 Å². The number of allylic oxidation sites excluding steroid dienone is 1. The molecule has 0 nitrogen and oxygen atoms in total. The van der Waals surface area contributed by atoms with Crippen LogP contribution in [0.2, 0.25) is 0 Å². The molecule has 0 fully saturated rings. The number of thioether (sulfide) groups is 1. The lowest BCUT2D eigenvalue weighted by molar-refractivity contribution is -0.0857. The summed E-state index contributed by atoms with van der Waals surface area (Å²) < 4.78 is 47.7. The van der Waals surface area contributed by atoms with Crippen LogP contribution in [0.5, 0.6) is 0 Å². The Morgan fingerprint density at radius 2 is 1.92 bits per heavy atom. The van der Waals surface area contributed by atoms with Gasteiger partial charge in [0.05, 0.1) is 0 Å². The normalized spacial score (nSPS) is 14.0. The quantitative estimate of drug-likeness (QED) is 0.413. The number of alkyl halides is 3. The number of hydrogen-bond acceptors (Lipinski definition) is 2. The lowest BCUT2D eigenvalue weighted by atomic mass is 10.5. The molecule has 7 heteroatoms. The minimum atomic E-state index is -4.87. The second-order valence-electron chi connectivity index (χ2n) is 1.85. The molecule has 0 saturated carbocycles. The van der Waals surface area contributed by atoms with E-state index in [0.29, 0.717) is 5.75 Å². The number of halogens is 5. The Balaban J connectivity index is 4.72. The Hall–Kier alpha value is 0.190. The molecule has 0 unspecified atom stereocenters. The van der Waals surface area contributed by atoms with E-state index in [1.807, 2.05) is 0 Å². The summed E-state index contributed by atoms with van der Waals surface area (Å²) in [4.78, 5) is 0. The fourth-order valence-corrected chi connectivity index (χ4v) is 1.56. The molecular weight excluding hydrogens is 248 g/mol. The molecule has 76 valence electrons. The molecule has 0 amide bonds.